The van der Waals surface area contributed by atoms with Crippen molar-refractivity contribution in [1.29, 1.82) is 0 Å². The fourth-order valence-electron chi connectivity index (χ4n) is 5.41. The van der Waals surface area contributed by atoms with Crippen molar-refractivity contribution in [3.63, 3.8) is 0 Å². The van der Waals surface area contributed by atoms with Gasteiger partial charge in [0.1, 0.15) is 29.6 Å². The van der Waals surface area contributed by atoms with Gasteiger partial charge in [-0.3, -0.25) is 24.0 Å². The molecule has 16 heteroatoms. The number of rotatable bonds is 18. The van der Waals surface area contributed by atoms with E-state index < -0.39 is 71.7 Å². The number of phenolic OH excluding ortho intramolecular Hbond substituents is 2. The minimum Gasteiger partial charge on any atom is -0.508 e. The standard InChI is InChI=1S/C38H48N6O10/c1-20(2)13-30(43-36(51)31(21(3)4)44-34(49)28(39)19-40-33(48)24-16-26(45)18-27(46)17-24)35(50)42-29(14-22-9-6-5-7-10-22)32(47)37(52)41-25-12-8-11-23(15-25)38(53)54/h5-12,15-18,20-21,28-32,45-47H,13-14,19,39H2,1-4H3,(H,40,48)(H,41,52)(H,42,50)(H,43,51)(H,44,49)(H,53,54)/t28-,29-,30-,31-,32+/m0/s1. The Labute approximate surface area is 312 Å². The Balaban J connectivity index is 1.73. The average molecular weight is 749 g/mol. The Hall–Kier alpha value is -6.00. The summed E-state index contributed by atoms with van der Waals surface area (Å²) in [5, 5.41) is 52.7. The van der Waals surface area contributed by atoms with Gasteiger partial charge in [0, 0.05) is 23.9 Å². The summed E-state index contributed by atoms with van der Waals surface area (Å²) in [5.74, 6) is -6.30. The van der Waals surface area contributed by atoms with Gasteiger partial charge in [0.05, 0.1) is 11.6 Å². The molecule has 5 atom stereocenters. The molecule has 0 aromatic heterocycles. The van der Waals surface area contributed by atoms with Gasteiger partial charge < -0.3 is 52.7 Å². The molecule has 0 aliphatic carbocycles. The van der Waals surface area contributed by atoms with Crippen LogP contribution in [-0.2, 0) is 25.6 Å². The lowest BCUT2D eigenvalue weighted by molar-refractivity contribution is -0.134. The highest BCUT2D eigenvalue weighted by atomic mass is 16.4. The number of amides is 5. The quantitative estimate of drug-likeness (QED) is 0.0885. The van der Waals surface area contributed by atoms with Crippen LogP contribution in [0.1, 0.15) is 60.4 Å². The molecule has 3 aromatic carbocycles. The fraction of sp³-hybridized carbons (Fsp3) is 0.368. The summed E-state index contributed by atoms with van der Waals surface area (Å²) in [5.41, 5.74) is 6.65. The Bertz CT molecular complexity index is 1780. The number of nitrogens with one attached hydrogen (secondary N) is 5. The number of aliphatic hydroxyl groups is 1. The highest BCUT2D eigenvalue weighted by Crippen LogP contribution is 2.20. The van der Waals surface area contributed by atoms with E-state index in [9.17, 15) is 49.2 Å². The van der Waals surface area contributed by atoms with Crippen molar-refractivity contribution in [2.75, 3.05) is 11.9 Å². The second kappa shape index (κ2) is 19.7. The number of carbonyl (C=O) groups is 6. The first-order valence-corrected chi connectivity index (χ1v) is 17.3. The van der Waals surface area contributed by atoms with E-state index in [1.807, 2.05) is 13.8 Å². The molecule has 0 unspecified atom stereocenters. The summed E-state index contributed by atoms with van der Waals surface area (Å²) >= 11 is 0. The molecule has 3 rings (SSSR count). The lowest BCUT2D eigenvalue weighted by Crippen LogP contribution is -2.60. The van der Waals surface area contributed by atoms with Crippen molar-refractivity contribution < 1.29 is 49.2 Å². The largest absolute Gasteiger partial charge is 0.508 e. The van der Waals surface area contributed by atoms with E-state index >= 15 is 0 Å². The summed E-state index contributed by atoms with van der Waals surface area (Å²) in [7, 11) is 0. The number of aromatic carboxylic acids is 1. The number of aliphatic hydroxyl groups excluding tert-OH is 1. The molecule has 0 fully saturated rings. The van der Waals surface area contributed by atoms with Crippen molar-refractivity contribution in [1.82, 2.24) is 21.3 Å². The number of aromatic hydroxyl groups is 2. The number of anilines is 1. The van der Waals surface area contributed by atoms with Crippen LogP contribution >= 0.6 is 0 Å². The van der Waals surface area contributed by atoms with Gasteiger partial charge in [-0.05, 0) is 60.6 Å². The molecular weight excluding hydrogens is 700 g/mol. The Morgan fingerprint density at radius 1 is 0.722 bits per heavy atom. The number of phenols is 2. The van der Waals surface area contributed by atoms with Gasteiger partial charge in [0.15, 0.2) is 6.10 Å². The van der Waals surface area contributed by atoms with Gasteiger partial charge in [0.25, 0.3) is 11.8 Å². The number of nitrogens with two attached hydrogens (primary N) is 1. The maximum atomic E-state index is 13.8. The summed E-state index contributed by atoms with van der Waals surface area (Å²) in [6, 6.07) is 12.7. The second-order valence-electron chi connectivity index (χ2n) is 13.6. The predicted octanol–water partition coefficient (Wildman–Crippen LogP) is 1.25. The monoisotopic (exact) mass is 748 g/mol. The Morgan fingerprint density at radius 3 is 1.96 bits per heavy atom. The van der Waals surface area contributed by atoms with Gasteiger partial charge >= 0.3 is 5.97 Å². The fourth-order valence-corrected chi connectivity index (χ4v) is 5.41. The molecule has 0 aliphatic heterocycles. The number of hydrogen-bond donors (Lipinski definition) is 10. The van der Waals surface area contributed by atoms with E-state index in [-0.39, 0.29) is 53.6 Å². The molecule has 0 heterocycles. The smallest absolute Gasteiger partial charge is 0.335 e. The molecule has 16 nitrogen and oxygen atoms in total. The SMILES string of the molecule is CC(C)C[C@H](NC(=O)[C@@H](NC(=O)[C@@H](N)CNC(=O)c1cc(O)cc(O)c1)C(C)C)C(=O)N[C@@H](Cc1ccccc1)[C@@H](O)C(=O)Nc1cccc(C(=O)O)c1. The van der Waals surface area contributed by atoms with E-state index in [1.54, 1.807) is 44.2 Å². The van der Waals surface area contributed by atoms with Crippen LogP contribution in [0.5, 0.6) is 11.5 Å². The van der Waals surface area contributed by atoms with E-state index in [2.05, 4.69) is 26.6 Å². The molecule has 0 saturated carbocycles. The minimum absolute atomic E-state index is 0.0182. The molecule has 11 N–H and O–H groups in total. The molecule has 0 spiro atoms. The first kappa shape index (κ1) is 42.4. The second-order valence-corrected chi connectivity index (χ2v) is 13.6. The highest BCUT2D eigenvalue weighted by molar-refractivity contribution is 5.98. The van der Waals surface area contributed by atoms with Crippen molar-refractivity contribution in [3.05, 3.63) is 89.5 Å². The number of hydrogen-bond acceptors (Lipinski definition) is 10. The molecule has 3 aromatic rings. The molecule has 5 amide bonds. The maximum absolute atomic E-state index is 13.8. The average Bonchev–Trinajstić information content (AvgIpc) is 3.11. The van der Waals surface area contributed by atoms with Crippen molar-refractivity contribution >= 4 is 41.2 Å². The van der Waals surface area contributed by atoms with Gasteiger partial charge in [-0.2, -0.15) is 0 Å². The third kappa shape index (κ3) is 12.9. The van der Waals surface area contributed by atoms with Crippen molar-refractivity contribution in [2.24, 2.45) is 17.6 Å². The van der Waals surface area contributed by atoms with Crippen LogP contribution in [-0.4, -0.2) is 92.7 Å². The topological polar surface area (TPSA) is 270 Å². The predicted molar refractivity (Wildman–Crippen MR) is 198 cm³/mol. The number of benzene rings is 3. The zero-order valence-corrected chi connectivity index (χ0v) is 30.4. The third-order valence-corrected chi connectivity index (χ3v) is 8.22. The summed E-state index contributed by atoms with van der Waals surface area (Å²) in [4.78, 5) is 77.6. The van der Waals surface area contributed by atoms with Crippen LogP contribution in [0.2, 0.25) is 0 Å². The van der Waals surface area contributed by atoms with Gasteiger partial charge in [0.2, 0.25) is 17.7 Å². The van der Waals surface area contributed by atoms with Gasteiger partial charge in [-0.25, -0.2) is 4.79 Å². The van der Waals surface area contributed by atoms with E-state index in [0.29, 0.717) is 5.56 Å². The highest BCUT2D eigenvalue weighted by Gasteiger charge is 2.34. The maximum Gasteiger partial charge on any atom is 0.335 e. The Morgan fingerprint density at radius 2 is 1.37 bits per heavy atom. The van der Waals surface area contributed by atoms with Gasteiger partial charge in [-0.1, -0.05) is 64.1 Å². The van der Waals surface area contributed by atoms with Crippen LogP contribution in [0.25, 0.3) is 0 Å². The molecule has 0 aliphatic rings. The zero-order valence-electron chi connectivity index (χ0n) is 30.4. The number of carboxylic acid groups (broad SMARTS) is 1. The molecule has 290 valence electrons. The van der Waals surface area contributed by atoms with E-state index in [4.69, 9.17) is 5.73 Å². The van der Waals surface area contributed by atoms with Crippen LogP contribution in [0.15, 0.2) is 72.8 Å². The summed E-state index contributed by atoms with van der Waals surface area (Å²) in [6.07, 6.45) is -1.64. The summed E-state index contributed by atoms with van der Waals surface area (Å²) in [6.45, 7) is 6.64. The molecule has 0 saturated heterocycles. The molecule has 0 radical (unpaired) electrons. The lowest BCUT2D eigenvalue weighted by Gasteiger charge is -2.29. The van der Waals surface area contributed by atoms with Crippen molar-refractivity contribution in [2.45, 2.75) is 70.8 Å². The van der Waals surface area contributed by atoms with Crippen LogP contribution in [0.3, 0.4) is 0 Å². The molecular formula is C38H48N6O10. The van der Waals surface area contributed by atoms with E-state index in [0.717, 1.165) is 18.2 Å². The first-order valence-electron chi connectivity index (χ1n) is 17.3. The third-order valence-electron chi connectivity index (χ3n) is 8.22. The lowest BCUT2D eigenvalue weighted by atomic mass is 9.97. The zero-order chi connectivity index (χ0) is 40.1. The van der Waals surface area contributed by atoms with Gasteiger partial charge in [-0.15, -0.1) is 0 Å². The minimum atomic E-state index is -1.80. The number of carboxylic acids is 1. The summed E-state index contributed by atoms with van der Waals surface area (Å²) < 4.78 is 0. The number of carbonyl (C=O) groups excluding carboxylic acids is 5. The molecule has 0 bridgehead atoms. The van der Waals surface area contributed by atoms with Crippen LogP contribution in [0.4, 0.5) is 5.69 Å². The Kier molecular flexibility index (Phi) is 15.5. The van der Waals surface area contributed by atoms with E-state index in [1.165, 1.54) is 24.3 Å². The first-order chi connectivity index (χ1) is 25.4. The normalized spacial score (nSPS) is 13.9. The van der Waals surface area contributed by atoms with Crippen LogP contribution in [0, 0.1) is 11.8 Å². The van der Waals surface area contributed by atoms with Crippen molar-refractivity contribution in [3.8, 4) is 11.5 Å². The van der Waals surface area contributed by atoms with Crippen LogP contribution < -0.4 is 32.3 Å². The molecule has 54 heavy (non-hydrogen) atoms.